The maximum absolute atomic E-state index is 12.1. The number of benzene rings is 1. The van der Waals surface area contributed by atoms with Crippen LogP contribution in [-0.4, -0.2) is 32.7 Å². The van der Waals surface area contributed by atoms with Crippen LogP contribution in [0.15, 0.2) is 24.3 Å². The molecule has 0 unspecified atom stereocenters. The van der Waals surface area contributed by atoms with Crippen LogP contribution < -0.4 is 10.1 Å². The SMILES string of the molecule is CCOc1ccc(-n2nnnc2CNC(=O)C(CC)CC)cc1. The van der Waals surface area contributed by atoms with E-state index in [9.17, 15) is 4.79 Å². The van der Waals surface area contributed by atoms with Crippen LogP contribution in [0.5, 0.6) is 5.75 Å². The van der Waals surface area contributed by atoms with Crippen LogP contribution in [0.2, 0.25) is 0 Å². The van der Waals surface area contributed by atoms with Crippen molar-refractivity contribution in [2.45, 2.75) is 40.2 Å². The molecule has 0 fully saturated rings. The summed E-state index contributed by atoms with van der Waals surface area (Å²) in [4.78, 5) is 12.1. The third-order valence-corrected chi connectivity index (χ3v) is 3.70. The first-order valence-corrected chi connectivity index (χ1v) is 7.97. The van der Waals surface area contributed by atoms with Gasteiger partial charge in [-0.3, -0.25) is 4.79 Å². The van der Waals surface area contributed by atoms with E-state index in [2.05, 4.69) is 20.8 Å². The average Bonchev–Trinajstić information content (AvgIpc) is 3.03. The van der Waals surface area contributed by atoms with Crippen LogP contribution in [0.4, 0.5) is 0 Å². The molecule has 2 aromatic rings. The van der Waals surface area contributed by atoms with Crippen molar-refractivity contribution in [1.82, 2.24) is 25.5 Å². The van der Waals surface area contributed by atoms with E-state index in [1.54, 1.807) is 4.68 Å². The van der Waals surface area contributed by atoms with Crippen molar-refractivity contribution in [3.63, 3.8) is 0 Å². The Morgan fingerprint density at radius 1 is 1.22 bits per heavy atom. The molecule has 2 rings (SSSR count). The molecule has 0 aliphatic rings. The molecule has 7 heteroatoms. The number of rotatable bonds is 8. The summed E-state index contributed by atoms with van der Waals surface area (Å²) in [5.41, 5.74) is 0.824. The molecule has 1 aromatic carbocycles. The summed E-state index contributed by atoms with van der Waals surface area (Å²) >= 11 is 0. The van der Waals surface area contributed by atoms with Gasteiger partial charge in [-0.25, -0.2) is 0 Å². The Hall–Kier alpha value is -2.44. The largest absolute Gasteiger partial charge is 0.494 e. The quantitative estimate of drug-likeness (QED) is 0.806. The lowest BCUT2D eigenvalue weighted by molar-refractivity contribution is -0.125. The zero-order valence-electron chi connectivity index (χ0n) is 13.8. The van der Waals surface area contributed by atoms with Gasteiger partial charge in [0.05, 0.1) is 18.8 Å². The number of hydrogen-bond acceptors (Lipinski definition) is 5. The zero-order valence-corrected chi connectivity index (χ0v) is 13.8. The molecule has 1 N–H and O–H groups in total. The summed E-state index contributed by atoms with van der Waals surface area (Å²) in [7, 11) is 0. The Bertz CT molecular complexity index is 620. The first-order chi connectivity index (χ1) is 11.2. The molecular weight excluding hydrogens is 294 g/mol. The fourth-order valence-corrected chi connectivity index (χ4v) is 2.34. The first-order valence-electron chi connectivity index (χ1n) is 7.97. The second-order valence-electron chi connectivity index (χ2n) is 5.17. The summed E-state index contributed by atoms with van der Waals surface area (Å²) in [6.45, 7) is 6.89. The van der Waals surface area contributed by atoms with Gasteiger partial charge in [0.1, 0.15) is 5.75 Å². The smallest absolute Gasteiger partial charge is 0.223 e. The minimum absolute atomic E-state index is 0.0322. The molecule has 1 heterocycles. The summed E-state index contributed by atoms with van der Waals surface area (Å²) < 4.78 is 7.03. The van der Waals surface area contributed by atoms with E-state index in [1.165, 1.54) is 0 Å². The molecule has 0 aliphatic carbocycles. The topological polar surface area (TPSA) is 81.9 Å². The van der Waals surface area contributed by atoms with Gasteiger partial charge >= 0.3 is 0 Å². The van der Waals surface area contributed by atoms with Crippen LogP contribution in [0.25, 0.3) is 5.69 Å². The highest BCUT2D eigenvalue weighted by Crippen LogP contribution is 2.15. The molecule has 0 saturated carbocycles. The highest BCUT2D eigenvalue weighted by atomic mass is 16.5. The molecule has 0 radical (unpaired) electrons. The highest BCUT2D eigenvalue weighted by Gasteiger charge is 2.15. The van der Waals surface area contributed by atoms with E-state index in [1.807, 2.05) is 45.0 Å². The second kappa shape index (κ2) is 8.26. The molecular formula is C16H23N5O2. The van der Waals surface area contributed by atoms with E-state index < -0.39 is 0 Å². The minimum Gasteiger partial charge on any atom is -0.494 e. The number of aromatic nitrogens is 4. The maximum Gasteiger partial charge on any atom is 0.223 e. The number of tetrazole rings is 1. The van der Waals surface area contributed by atoms with Crippen molar-refractivity contribution < 1.29 is 9.53 Å². The van der Waals surface area contributed by atoms with Gasteiger partial charge in [-0.15, -0.1) is 5.10 Å². The Balaban J connectivity index is 2.06. The predicted molar refractivity (Wildman–Crippen MR) is 86.2 cm³/mol. The van der Waals surface area contributed by atoms with Crippen molar-refractivity contribution in [3.05, 3.63) is 30.1 Å². The molecule has 0 saturated heterocycles. The maximum atomic E-state index is 12.1. The van der Waals surface area contributed by atoms with Crippen molar-refractivity contribution in [2.24, 2.45) is 5.92 Å². The fraction of sp³-hybridized carbons (Fsp3) is 0.500. The van der Waals surface area contributed by atoms with Crippen LogP contribution in [0, 0.1) is 5.92 Å². The molecule has 7 nitrogen and oxygen atoms in total. The number of hydrogen-bond donors (Lipinski definition) is 1. The summed E-state index contributed by atoms with van der Waals surface area (Å²) in [5.74, 6) is 1.46. The molecule has 0 atom stereocenters. The van der Waals surface area contributed by atoms with Crippen molar-refractivity contribution in [1.29, 1.82) is 0 Å². The monoisotopic (exact) mass is 317 g/mol. The molecule has 0 spiro atoms. The second-order valence-corrected chi connectivity index (χ2v) is 5.17. The Morgan fingerprint density at radius 2 is 1.91 bits per heavy atom. The van der Waals surface area contributed by atoms with Crippen LogP contribution in [0.1, 0.15) is 39.4 Å². The van der Waals surface area contributed by atoms with Gasteiger partial charge in [0.15, 0.2) is 5.82 Å². The van der Waals surface area contributed by atoms with Gasteiger partial charge in [0.2, 0.25) is 5.91 Å². The summed E-state index contributed by atoms with van der Waals surface area (Å²) in [6, 6.07) is 7.50. The highest BCUT2D eigenvalue weighted by molar-refractivity contribution is 5.78. The Kier molecular flexibility index (Phi) is 6.08. The van der Waals surface area contributed by atoms with Gasteiger partial charge < -0.3 is 10.1 Å². The number of ether oxygens (including phenoxy) is 1. The van der Waals surface area contributed by atoms with Crippen LogP contribution in [0.3, 0.4) is 0 Å². The Labute approximate surface area is 136 Å². The third-order valence-electron chi connectivity index (χ3n) is 3.70. The molecule has 1 amide bonds. The van der Waals surface area contributed by atoms with Gasteiger partial charge in [0.25, 0.3) is 0 Å². The standard InChI is InChI=1S/C16H23N5O2/c1-4-12(5-2)16(22)17-11-15-18-19-20-21(15)13-7-9-14(10-8-13)23-6-3/h7-10,12H,4-6,11H2,1-3H3,(H,17,22). The molecule has 124 valence electrons. The van der Waals surface area contributed by atoms with E-state index in [0.717, 1.165) is 24.3 Å². The number of nitrogens with zero attached hydrogens (tertiary/aromatic N) is 4. The minimum atomic E-state index is 0.0322. The van der Waals surface area contributed by atoms with Gasteiger partial charge in [-0.2, -0.15) is 4.68 Å². The molecule has 0 aliphatic heterocycles. The van der Waals surface area contributed by atoms with Gasteiger partial charge in [-0.05, 0) is 54.5 Å². The van der Waals surface area contributed by atoms with Crippen molar-refractivity contribution in [3.8, 4) is 11.4 Å². The van der Waals surface area contributed by atoms with Gasteiger partial charge in [0, 0.05) is 5.92 Å². The molecule has 0 bridgehead atoms. The number of amides is 1. The number of carbonyl (C=O) groups is 1. The number of nitrogens with one attached hydrogen (secondary N) is 1. The van der Waals surface area contributed by atoms with E-state index in [-0.39, 0.29) is 11.8 Å². The van der Waals surface area contributed by atoms with E-state index in [0.29, 0.717) is 19.0 Å². The van der Waals surface area contributed by atoms with Crippen molar-refractivity contribution >= 4 is 5.91 Å². The normalized spacial score (nSPS) is 10.8. The zero-order chi connectivity index (χ0) is 16.7. The summed E-state index contributed by atoms with van der Waals surface area (Å²) in [5, 5.41) is 14.6. The van der Waals surface area contributed by atoms with Crippen LogP contribution >= 0.6 is 0 Å². The lowest BCUT2D eigenvalue weighted by Gasteiger charge is -2.12. The molecule has 1 aromatic heterocycles. The summed E-state index contributed by atoms with van der Waals surface area (Å²) in [6.07, 6.45) is 1.65. The van der Waals surface area contributed by atoms with E-state index in [4.69, 9.17) is 4.74 Å². The predicted octanol–water partition coefficient (Wildman–Crippen LogP) is 2.11. The fourth-order valence-electron chi connectivity index (χ4n) is 2.34. The average molecular weight is 317 g/mol. The third kappa shape index (κ3) is 4.28. The Morgan fingerprint density at radius 3 is 2.52 bits per heavy atom. The van der Waals surface area contributed by atoms with Crippen LogP contribution in [-0.2, 0) is 11.3 Å². The van der Waals surface area contributed by atoms with Gasteiger partial charge in [-0.1, -0.05) is 13.8 Å². The first kappa shape index (κ1) is 16.9. The van der Waals surface area contributed by atoms with E-state index >= 15 is 0 Å². The lowest BCUT2D eigenvalue weighted by atomic mass is 10.0. The molecule has 23 heavy (non-hydrogen) atoms. The lowest BCUT2D eigenvalue weighted by Crippen LogP contribution is -2.30. The van der Waals surface area contributed by atoms with Crippen molar-refractivity contribution in [2.75, 3.05) is 6.61 Å². The number of carbonyl (C=O) groups excluding carboxylic acids is 1.